The van der Waals surface area contributed by atoms with Crippen LogP contribution >= 0.6 is 0 Å². The fourth-order valence-electron chi connectivity index (χ4n) is 2.93. The highest BCUT2D eigenvalue weighted by molar-refractivity contribution is 6.09. The van der Waals surface area contributed by atoms with Gasteiger partial charge in [0.1, 0.15) is 24.0 Å². The van der Waals surface area contributed by atoms with Crippen LogP contribution in [0, 0.1) is 18.3 Å². The van der Waals surface area contributed by atoms with Crippen molar-refractivity contribution in [2.45, 2.75) is 20.5 Å². The number of anilines is 1. The molecule has 0 heterocycles. The minimum Gasteiger partial charge on any atom is -0.489 e. The van der Waals surface area contributed by atoms with Gasteiger partial charge >= 0.3 is 5.97 Å². The lowest BCUT2D eigenvalue weighted by molar-refractivity contribution is -0.112. The lowest BCUT2D eigenvalue weighted by Crippen LogP contribution is -2.13. The Hall–Kier alpha value is -4.37. The first-order valence-electron chi connectivity index (χ1n) is 10.5. The Morgan fingerprint density at radius 1 is 0.970 bits per heavy atom. The Bertz CT molecular complexity index is 1170. The first kappa shape index (κ1) is 23.3. The summed E-state index contributed by atoms with van der Waals surface area (Å²) in [7, 11) is 0. The van der Waals surface area contributed by atoms with E-state index in [2.05, 4.69) is 5.32 Å². The zero-order valence-electron chi connectivity index (χ0n) is 18.5. The summed E-state index contributed by atoms with van der Waals surface area (Å²) in [5.41, 5.74) is 3.77. The van der Waals surface area contributed by atoms with Crippen molar-refractivity contribution in [3.8, 4) is 11.8 Å². The van der Waals surface area contributed by atoms with Gasteiger partial charge in [-0.3, -0.25) is 4.79 Å². The van der Waals surface area contributed by atoms with Crippen LogP contribution in [-0.2, 0) is 16.1 Å². The third-order valence-electron chi connectivity index (χ3n) is 4.74. The molecule has 0 saturated heterocycles. The van der Waals surface area contributed by atoms with Crippen LogP contribution in [0.5, 0.6) is 5.75 Å². The molecule has 1 N–H and O–H groups in total. The largest absolute Gasteiger partial charge is 0.489 e. The smallest absolute Gasteiger partial charge is 0.338 e. The van der Waals surface area contributed by atoms with Crippen LogP contribution in [0.15, 0.2) is 78.4 Å². The monoisotopic (exact) mass is 440 g/mol. The van der Waals surface area contributed by atoms with E-state index >= 15 is 0 Å². The molecule has 0 aliphatic rings. The maximum Gasteiger partial charge on any atom is 0.338 e. The average Bonchev–Trinajstić information content (AvgIpc) is 2.83. The Kier molecular flexibility index (Phi) is 7.98. The minimum atomic E-state index is -0.541. The second kappa shape index (κ2) is 11.3. The quantitative estimate of drug-likeness (QED) is 0.292. The van der Waals surface area contributed by atoms with Crippen molar-refractivity contribution < 1.29 is 19.1 Å². The van der Waals surface area contributed by atoms with Crippen molar-refractivity contribution in [3.05, 3.63) is 101 Å². The first-order chi connectivity index (χ1) is 16.0. The number of nitrogens with one attached hydrogen (secondary N) is 1. The van der Waals surface area contributed by atoms with Crippen LogP contribution in [0.2, 0.25) is 0 Å². The number of hydrogen-bond acceptors (Lipinski definition) is 5. The summed E-state index contributed by atoms with van der Waals surface area (Å²) in [5.74, 6) is -0.280. The van der Waals surface area contributed by atoms with Crippen molar-refractivity contribution >= 4 is 23.6 Å². The van der Waals surface area contributed by atoms with E-state index in [0.717, 1.165) is 5.56 Å². The summed E-state index contributed by atoms with van der Waals surface area (Å²) in [6.45, 7) is 4.51. The molecule has 0 aliphatic carbocycles. The Morgan fingerprint density at radius 3 is 2.24 bits per heavy atom. The molecule has 0 radical (unpaired) electrons. The van der Waals surface area contributed by atoms with E-state index in [9.17, 15) is 14.9 Å². The Labute approximate surface area is 193 Å². The van der Waals surface area contributed by atoms with Crippen molar-refractivity contribution in [1.29, 1.82) is 5.26 Å². The van der Waals surface area contributed by atoms with Crippen molar-refractivity contribution in [1.82, 2.24) is 0 Å². The van der Waals surface area contributed by atoms with Gasteiger partial charge in [0.05, 0.1) is 12.2 Å². The number of nitrogens with zero attached hydrogens (tertiary/aromatic N) is 1. The molecular weight excluding hydrogens is 416 g/mol. The van der Waals surface area contributed by atoms with E-state index in [4.69, 9.17) is 9.47 Å². The molecule has 1 amide bonds. The van der Waals surface area contributed by atoms with Gasteiger partial charge in [-0.2, -0.15) is 5.26 Å². The molecule has 0 atom stereocenters. The molecular formula is C27H24N2O4. The lowest BCUT2D eigenvalue weighted by Gasteiger charge is -2.08. The number of aryl methyl sites for hydroxylation is 1. The van der Waals surface area contributed by atoms with Crippen molar-refractivity contribution in [3.63, 3.8) is 0 Å². The molecule has 3 rings (SSSR count). The van der Waals surface area contributed by atoms with E-state index in [0.29, 0.717) is 29.2 Å². The SMILES string of the molecule is CCOC(=O)c1ccc(NC(=O)/C(C#N)=C/c2ccc(OCc3ccc(C)cc3)cc2)cc1. The predicted octanol–water partition coefficient (Wildman–Crippen LogP) is 5.30. The average molecular weight is 440 g/mol. The normalized spacial score (nSPS) is 10.8. The third kappa shape index (κ3) is 6.81. The number of carbonyl (C=O) groups excluding carboxylic acids is 2. The van der Waals surface area contributed by atoms with Gasteiger partial charge in [-0.05, 0) is 67.4 Å². The van der Waals surface area contributed by atoms with Gasteiger partial charge in [0, 0.05) is 5.69 Å². The first-order valence-corrected chi connectivity index (χ1v) is 10.5. The molecule has 0 spiro atoms. The Balaban J connectivity index is 1.61. The zero-order valence-corrected chi connectivity index (χ0v) is 18.5. The van der Waals surface area contributed by atoms with E-state index in [1.807, 2.05) is 37.3 Å². The molecule has 0 fully saturated rings. The fourth-order valence-corrected chi connectivity index (χ4v) is 2.93. The van der Waals surface area contributed by atoms with Gasteiger partial charge in [-0.1, -0.05) is 42.0 Å². The second-order valence-corrected chi connectivity index (χ2v) is 7.27. The summed E-state index contributed by atoms with van der Waals surface area (Å²) in [6, 6.07) is 23.5. The van der Waals surface area contributed by atoms with Gasteiger partial charge in [0.2, 0.25) is 0 Å². The van der Waals surface area contributed by atoms with E-state index in [-0.39, 0.29) is 12.2 Å². The second-order valence-electron chi connectivity index (χ2n) is 7.27. The number of hydrogen-bond donors (Lipinski definition) is 1. The van der Waals surface area contributed by atoms with E-state index in [1.54, 1.807) is 55.5 Å². The number of esters is 1. The van der Waals surface area contributed by atoms with Crippen LogP contribution in [0.3, 0.4) is 0 Å². The van der Waals surface area contributed by atoms with Gasteiger partial charge in [0.25, 0.3) is 5.91 Å². The van der Waals surface area contributed by atoms with Gasteiger partial charge in [-0.15, -0.1) is 0 Å². The van der Waals surface area contributed by atoms with Crippen LogP contribution in [0.4, 0.5) is 5.69 Å². The summed E-state index contributed by atoms with van der Waals surface area (Å²) < 4.78 is 10.7. The molecule has 6 heteroatoms. The minimum absolute atomic E-state index is 0.0437. The molecule has 3 aromatic rings. The zero-order chi connectivity index (χ0) is 23.6. The van der Waals surface area contributed by atoms with Gasteiger partial charge in [-0.25, -0.2) is 4.79 Å². The molecule has 0 saturated carbocycles. The highest BCUT2D eigenvalue weighted by atomic mass is 16.5. The number of amides is 1. The molecule has 6 nitrogen and oxygen atoms in total. The summed E-state index contributed by atoms with van der Waals surface area (Å²) in [5, 5.41) is 12.1. The van der Waals surface area contributed by atoms with Gasteiger partial charge < -0.3 is 14.8 Å². The van der Waals surface area contributed by atoms with Crippen molar-refractivity contribution in [2.75, 3.05) is 11.9 Å². The molecule has 0 unspecified atom stereocenters. The number of rotatable bonds is 8. The summed E-state index contributed by atoms with van der Waals surface area (Å²) in [6.07, 6.45) is 1.51. The van der Waals surface area contributed by atoms with E-state index in [1.165, 1.54) is 11.6 Å². The maximum atomic E-state index is 12.5. The van der Waals surface area contributed by atoms with Crippen LogP contribution in [0.1, 0.15) is 34.0 Å². The number of nitriles is 1. The molecule has 0 aliphatic heterocycles. The standard InChI is InChI=1S/C27H24N2O4/c1-3-32-27(31)22-10-12-24(13-11-22)29-26(30)23(17-28)16-20-8-14-25(15-9-20)33-18-21-6-4-19(2)5-7-21/h4-16H,3,18H2,1-2H3,(H,29,30)/b23-16+. The lowest BCUT2D eigenvalue weighted by atomic mass is 10.1. The summed E-state index contributed by atoms with van der Waals surface area (Å²) in [4.78, 5) is 24.2. The highest BCUT2D eigenvalue weighted by Crippen LogP contribution is 2.18. The van der Waals surface area contributed by atoms with Crippen LogP contribution in [-0.4, -0.2) is 18.5 Å². The van der Waals surface area contributed by atoms with Gasteiger partial charge in [0.15, 0.2) is 0 Å². The molecule has 166 valence electrons. The third-order valence-corrected chi connectivity index (χ3v) is 4.74. The molecule has 33 heavy (non-hydrogen) atoms. The highest BCUT2D eigenvalue weighted by Gasteiger charge is 2.11. The maximum absolute atomic E-state index is 12.5. The molecule has 3 aromatic carbocycles. The number of benzene rings is 3. The van der Waals surface area contributed by atoms with E-state index < -0.39 is 11.9 Å². The fraction of sp³-hybridized carbons (Fsp3) is 0.148. The Morgan fingerprint density at radius 2 is 1.64 bits per heavy atom. The number of carbonyl (C=O) groups is 2. The predicted molar refractivity (Wildman–Crippen MR) is 127 cm³/mol. The number of ether oxygens (including phenoxy) is 2. The topological polar surface area (TPSA) is 88.4 Å². The van der Waals surface area contributed by atoms with Crippen molar-refractivity contribution in [2.24, 2.45) is 0 Å². The molecule has 0 bridgehead atoms. The summed E-state index contributed by atoms with van der Waals surface area (Å²) >= 11 is 0. The van der Waals surface area contributed by atoms with Crippen LogP contribution < -0.4 is 10.1 Å². The van der Waals surface area contributed by atoms with Crippen LogP contribution in [0.25, 0.3) is 6.08 Å². The molecule has 0 aromatic heterocycles.